The Labute approximate surface area is 130 Å². The summed E-state index contributed by atoms with van der Waals surface area (Å²) in [4.78, 5) is 0. The average Bonchev–Trinajstić information content (AvgIpc) is 2.57. The topological polar surface area (TPSA) is 26.3 Å². The van der Waals surface area contributed by atoms with E-state index in [0.717, 1.165) is 10.9 Å². The maximum absolute atomic E-state index is 13.8. The van der Waals surface area contributed by atoms with Crippen LogP contribution in [0.5, 0.6) is 5.75 Å². The zero-order chi connectivity index (χ0) is 15.4. The van der Waals surface area contributed by atoms with Crippen LogP contribution in [0.15, 0.2) is 84.9 Å². The molecule has 0 aliphatic carbocycles. The third kappa shape index (κ3) is 2.84. The van der Waals surface area contributed by atoms with E-state index in [4.69, 9.17) is 4.52 Å². The Balaban J connectivity index is 2.15. The van der Waals surface area contributed by atoms with Crippen LogP contribution < -0.4 is 15.1 Å². The summed E-state index contributed by atoms with van der Waals surface area (Å²) in [6.45, 7) is 1.96. The molecule has 3 rings (SSSR count). The molecule has 3 aromatic carbocycles. The normalized spacial score (nSPS) is 13.3. The Morgan fingerprint density at radius 2 is 1.27 bits per heavy atom. The number of hydrogen-bond donors (Lipinski definition) is 0. The number of benzene rings is 3. The highest BCUT2D eigenvalue weighted by Gasteiger charge is 2.31. The molecule has 1 unspecified atom stereocenters. The van der Waals surface area contributed by atoms with Crippen molar-refractivity contribution in [1.82, 2.24) is 0 Å². The molecular formula is C19H17O2P. The van der Waals surface area contributed by atoms with Crippen LogP contribution in [-0.4, -0.2) is 0 Å². The second kappa shape index (κ2) is 6.21. The Hall–Kier alpha value is -2.31. The predicted octanol–water partition coefficient (Wildman–Crippen LogP) is 4.30. The van der Waals surface area contributed by atoms with Gasteiger partial charge < -0.3 is 4.52 Å². The fraction of sp³-hybridized carbons (Fsp3) is 0.0526. The summed E-state index contributed by atoms with van der Waals surface area (Å²) >= 11 is 0. The summed E-state index contributed by atoms with van der Waals surface area (Å²) in [6.07, 6.45) is 0. The summed E-state index contributed by atoms with van der Waals surface area (Å²) in [6, 6.07) is 26.4. The molecule has 2 nitrogen and oxygen atoms in total. The van der Waals surface area contributed by atoms with E-state index in [-0.39, 0.29) is 0 Å². The molecule has 0 aliphatic heterocycles. The molecule has 0 saturated heterocycles. The number of hydrogen-bond acceptors (Lipinski definition) is 2. The summed E-state index contributed by atoms with van der Waals surface area (Å²) in [5.74, 6) is 0.609. The van der Waals surface area contributed by atoms with Gasteiger partial charge in [-0.1, -0.05) is 54.6 Å². The first-order valence-corrected chi connectivity index (χ1v) is 8.79. The first-order valence-electron chi connectivity index (χ1n) is 7.17. The van der Waals surface area contributed by atoms with Gasteiger partial charge in [-0.15, -0.1) is 0 Å². The maximum atomic E-state index is 13.8. The zero-order valence-corrected chi connectivity index (χ0v) is 13.2. The van der Waals surface area contributed by atoms with Gasteiger partial charge in [0.25, 0.3) is 0 Å². The lowest BCUT2D eigenvalue weighted by Crippen LogP contribution is -2.22. The van der Waals surface area contributed by atoms with E-state index < -0.39 is 7.37 Å². The van der Waals surface area contributed by atoms with Crippen molar-refractivity contribution in [2.24, 2.45) is 0 Å². The molecule has 0 aliphatic rings. The highest BCUT2D eigenvalue weighted by molar-refractivity contribution is 7.74. The minimum Gasteiger partial charge on any atom is -0.437 e. The molecule has 0 aromatic heterocycles. The predicted molar refractivity (Wildman–Crippen MR) is 91.6 cm³/mol. The summed E-state index contributed by atoms with van der Waals surface area (Å²) in [7, 11) is -3.18. The number of rotatable bonds is 4. The van der Waals surface area contributed by atoms with Crippen LogP contribution >= 0.6 is 7.37 Å². The second-order valence-electron chi connectivity index (χ2n) is 5.08. The monoisotopic (exact) mass is 308 g/mol. The van der Waals surface area contributed by atoms with E-state index in [0.29, 0.717) is 11.1 Å². The van der Waals surface area contributed by atoms with E-state index in [1.54, 1.807) is 0 Å². The molecule has 1 atom stereocenters. The Kier molecular flexibility index (Phi) is 4.13. The van der Waals surface area contributed by atoms with Gasteiger partial charge in [0.1, 0.15) is 5.75 Å². The Bertz CT molecular complexity index is 798. The van der Waals surface area contributed by atoms with E-state index in [2.05, 4.69) is 0 Å². The van der Waals surface area contributed by atoms with Crippen LogP contribution in [0.2, 0.25) is 0 Å². The van der Waals surface area contributed by atoms with Crippen molar-refractivity contribution in [3.63, 3.8) is 0 Å². The molecule has 22 heavy (non-hydrogen) atoms. The Morgan fingerprint density at radius 3 is 1.91 bits per heavy atom. The number of aryl methyl sites for hydroxylation is 1. The smallest absolute Gasteiger partial charge is 0.307 e. The lowest BCUT2D eigenvalue weighted by molar-refractivity contribution is 0.502. The molecule has 0 fully saturated rings. The van der Waals surface area contributed by atoms with Gasteiger partial charge in [-0.2, -0.15) is 0 Å². The van der Waals surface area contributed by atoms with Crippen LogP contribution in [-0.2, 0) is 4.57 Å². The highest BCUT2D eigenvalue weighted by atomic mass is 31.2. The van der Waals surface area contributed by atoms with E-state index >= 15 is 0 Å². The van der Waals surface area contributed by atoms with Gasteiger partial charge in [-0.05, 0) is 42.8 Å². The molecule has 3 aromatic rings. The quantitative estimate of drug-likeness (QED) is 0.672. The van der Waals surface area contributed by atoms with E-state index in [1.807, 2.05) is 91.9 Å². The zero-order valence-electron chi connectivity index (χ0n) is 12.3. The molecule has 0 spiro atoms. The van der Waals surface area contributed by atoms with Gasteiger partial charge in [-0.3, -0.25) is 4.57 Å². The van der Waals surface area contributed by atoms with Crippen LogP contribution in [0.25, 0.3) is 0 Å². The SMILES string of the molecule is Cc1ccccc1P(=O)(Oc1ccccc1)c1ccccc1. The number of para-hydroxylation sites is 1. The van der Waals surface area contributed by atoms with Crippen molar-refractivity contribution in [3.8, 4) is 5.75 Å². The van der Waals surface area contributed by atoms with Crippen LogP contribution in [0.1, 0.15) is 5.56 Å². The largest absolute Gasteiger partial charge is 0.437 e. The van der Waals surface area contributed by atoms with Crippen molar-refractivity contribution in [2.45, 2.75) is 6.92 Å². The first kappa shape index (κ1) is 14.6. The Morgan fingerprint density at radius 1 is 0.727 bits per heavy atom. The van der Waals surface area contributed by atoms with Crippen LogP contribution in [0.4, 0.5) is 0 Å². The molecule has 0 heterocycles. The van der Waals surface area contributed by atoms with Crippen LogP contribution in [0, 0.1) is 6.92 Å². The van der Waals surface area contributed by atoms with E-state index in [9.17, 15) is 4.57 Å². The molecular weight excluding hydrogens is 291 g/mol. The van der Waals surface area contributed by atoms with Gasteiger partial charge in [0, 0.05) is 0 Å². The molecule has 110 valence electrons. The minimum absolute atomic E-state index is 0.609. The van der Waals surface area contributed by atoms with Gasteiger partial charge in [0.15, 0.2) is 0 Å². The van der Waals surface area contributed by atoms with Crippen LogP contribution in [0.3, 0.4) is 0 Å². The minimum atomic E-state index is -3.18. The van der Waals surface area contributed by atoms with Gasteiger partial charge in [0.2, 0.25) is 0 Å². The first-order chi connectivity index (χ1) is 10.7. The standard InChI is InChI=1S/C19H17O2P/c1-16-10-8-9-15-19(16)22(20,18-13-6-3-7-14-18)21-17-11-4-2-5-12-17/h2-15H,1H3. The third-order valence-electron chi connectivity index (χ3n) is 3.51. The summed E-state index contributed by atoms with van der Waals surface area (Å²) < 4.78 is 19.8. The average molecular weight is 308 g/mol. The lowest BCUT2D eigenvalue weighted by Gasteiger charge is -2.21. The van der Waals surface area contributed by atoms with Crippen molar-refractivity contribution in [2.75, 3.05) is 0 Å². The summed E-state index contributed by atoms with van der Waals surface area (Å²) in [5, 5.41) is 1.44. The molecule has 0 amide bonds. The molecule has 0 bridgehead atoms. The molecule has 3 heteroatoms. The van der Waals surface area contributed by atoms with Crippen molar-refractivity contribution in [1.29, 1.82) is 0 Å². The highest BCUT2D eigenvalue weighted by Crippen LogP contribution is 2.45. The van der Waals surface area contributed by atoms with Gasteiger partial charge in [0.05, 0.1) is 10.6 Å². The second-order valence-corrected chi connectivity index (χ2v) is 7.36. The summed E-state index contributed by atoms with van der Waals surface area (Å²) in [5.41, 5.74) is 0.964. The van der Waals surface area contributed by atoms with Crippen molar-refractivity contribution in [3.05, 3.63) is 90.5 Å². The van der Waals surface area contributed by atoms with Gasteiger partial charge >= 0.3 is 7.37 Å². The fourth-order valence-electron chi connectivity index (χ4n) is 2.39. The molecule has 0 N–H and O–H groups in total. The van der Waals surface area contributed by atoms with E-state index in [1.165, 1.54) is 0 Å². The fourth-order valence-corrected chi connectivity index (χ4v) is 4.68. The lowest BCUT2D eigenvalue weighted by atomic mass is 10.2. The van der Waals surface area contributed by atoms with Gasteiger partial charge in [-0.25, -0.2) is 0 Å². The molecule has 0 radical (unpaired) electrons. The van der Waals surface area contributed by atoms with Crippen molar-refractivity contribution >= 4 is 18.0 Å². The maximum Gasteiger partial charge on any atom is 0.307 e. The third-order valence-corrected chi connectivity index (χ3v) is 6.09. The van der Waals surface area contributed by atoms with Crippen molar-refractivity contribution < 1.29 is 9.09 Å². The molecule has 0 saturated carbocycles.